The van der Waals surface area contributed by atoms with Crippen LogP contribution in [0.15, 0.2) is 24.3 Å². The van der Waals surface area contributed by atoms with Gasteiger partial charge in [-0.25, -0.2) is 0 Å². The molecule has 2 rings (SSSR count). The molecule has 1 aromatic rings. The van der Waals surface area contributed by atoms with Crippen LogP contribution in [0.25, 0.3) is 0 Å². The highest BCUT2D eigenvalue weighted by molar-refractivity contribution is 6.30. The van der Waals surface area contributed by atoms with Gasteiger partial charge in [-0.05, 0) is 25.2 Å². The quantitative estimate of drug-likeness (QED) is 0.901. The van der Waals surface area contributed by atoms with E-state index in [-0.39, 0.29) is 11.9 Å². The Hall–Kier alpha value is -1.10. The summed E-state index contributed by atoms with van der Waals surface area (Å²) >= 11 is 5.92. The van der Waals surface area contributed by atoms with Gasteiger partial charge in [-0.1, -0.05) is 17.7 Å². The molecule has 5 heteroatoms. The first-order valence-electron chi connectivity index (χ1n) is 6.01. The Morgan fingerprint density at radius 2 is 2.44 bits per heavy atom. The summed E-state index contributed by atoms with van der Waals surface area (Å²) in [6, 6.07) is 7.14. The second-order valence-electron chi connectivity index (χ2n) is 4.30. The normalized spacial score (nSPS) is 19.9. The van der Waals surface area contributed by atoms with Crippen molar-refractivity contribution in [2.75, 3.05) is 33.4 Å². The third-order valence-electron chi connectivity index (χ3n) is 3.00. The molecule has 0 saturated carbocycles. The van der Waals surface area contributed by atoms with Crippen molar-refractivity contribution in [3.63, 3.8) is 0 Å². The van der Waals surface area contributed by atoms with Crippen LogP contribution in [-0.4, -0.2) is 50.2 Å². The lowest BCUT2D eigenvalue weighted by molar-refractivity contribution is -0.000974. The van der Waals surface area contributed by atoms with Crippen LogP contribution >= 0.6 is 11.6 Å². The van der Waals surface area contributed by atoms with E-state index in [2.05, 4.69) is 5.32 Å². The molecule has 0 aliphatic carbocycles. The zero-order valence-corrected chi connectivity index (χ0v) is 11.1. The lowest BCUT2D eigenvalue weighted by Gasteiger charge is -2.35. The highest BCUT2D eigenvalue weighted by atomic mass is 35.5. The van der Waals surface area contributed by atoms with Crippen molar-refractivity contribution in [2.45, 2.75) is 6.04 Å². The summed E-state index contributed by atoms with van der Waals surface area (Å²) in [5.41, 5.74) is 0.630. The van der Waals surface area contributed by atoms with Gasteiger partial charge in [0.05, 0.1) is 19.3 Å². The number of hydrogen-bond donors (Lipinski definition) is 1. The Morgan fingerprint density at radius 3 is 3.17 bits per heavy atom. The summed E-state index contributed by atoms with van der Waals surface area (Å²) in [4.78, 5) is 14.3. The molecule has 0 bridgehead atoms. The molecule has 98 valence electrons. The number of morpholine rings is 1. The fourth-order valence-electron chi connectivity index (χ4n) is 2.11. The molecule has 1 atom stereocenters. The first-order chi connectivity index (χ1) is 8.72. The van der Waals surface area contributed by atoms with E-state index in [1.165, 1.54) is 0 Å². The summed E-state index contributed by atoms with van der Waals surface area (Å²) in [7, 11) is 1.87. The van der Waals surface area contributed by atoms with Crippen molar-refractivity contribution < 1.29 is 9.53 Å². The number of amides is 1. The number of ether oxygens (including phenoxy) is 1. The van der Waals surface area contributed by atoms with Crippen LogP contribution in [0.2, 0.25) is 5.02 Å². The second-order valence-corrected chi connectivity index (χ2v) is 4.73. The van der Waals surface area contributed by atoms with Crippen LogP contribution < -0.4 is 5.32 Å². The molecular weight excluding hydrogens is 252 g/mol. The molecule has 18 heavy (non-hydrogen) atoms. The van der Waals surface area contributed by atoms with Crippen LogP contribution in [0, 0.1) is 0 Å². The molecule has 0 radical (unpaired) electrons. The Labute approximate surface area is 112 Å². The van der Waals surface area contributed by atoms with Crippen molar-refractivity contribution in [2.24, 2.45) is 0 Å². The topological polar surface area (TPSA) is 41.6 Å². The molecule has 4 nitrogen and oxygen atoms in total. The van der Waals surface area contributed by atoms with Gasteiger partial charge in [0.2, 0.25) is 0 Å². The molecule has 0 aromatic heterocycles. The SMILES string of the molecule is CNCC1COCCN1C(=O)c1cccc(Cl)c1. The first kappa shape index (κ1) is 13.3. The van der Waals surface area contributed by atoms with Crippen molar-refractivity contribution in [1.29, 1.82) is 0 Å². The smallest absolute Gasteiger partial charge is 0.254 e. The highest BCUT2D eigenvalue weighted by Gasteiger charge is 2.27. The molecule has 1 saturated heterocycles. The average Bonchev–Trinajstić information content (AvgIpc) is 2.39. The molecule has 1 aliphatic rings. The number of nitrogens with zero attached hydrogens (tertiary/aromatic N) is 1. The van der Waals surface area contributed by atoms with E-state index < -0.39 is 0 Å². The van der Waals surface area contributed by atoms with Crippen LogP contribution in [0.1, 0.15) is 10.4 Å². The molecular formula is C13H17ClN2O2. The number of carbonyl (C=O) groups is 1. The predicted octanol–water partition coefficient (Wildman–Crippen LogP) is 1.40. The number of rotatable bonds is 3. The van der Waals surface area contributed by atoms with Crippen molar-refractivity contribution in [1.82, 2.24) is 10.2 Å². The monoisotopic (exact) mass is 268 g/mol. The lowest BCUT2D eigenvalue weighted by atomic mass is 10.1. The molecule has 1 fully saturated rings. The number of likely N-dealkylation sites (N-methyl/N-ethyl adjacent to an activating group) is 1. The zero-order chi connectivity index (χ0) is 13.0. The Balaban J connectivity index is 2.15. The summed E-state index contributed by atoms with van der Waals surface area (Å²) in [5.74, 6) is 0.0149. The van der Waals surface area contributed by atoms with E-state index in [0.29, 0.717) is 30.3 Å². The minimum absolute atomic E-state index is 0.0149. The Morgan fingerprint density at radius 1 is 1.61 bits per heavy atom. The van der Waals surface area contributed by atoms with Gasteiger partial charge in [0.15, 0.2) is 0 Å². The van der Waals surface area contributed by atoms with Gasteiger partial charge in [-0.3, -0.25) is 4.79 Å². The average molecular weight is 269 g/mol. The summed E-state index contributed by atoms with van der Waals surface area (Å²) in [6.07, 6.45) is 0. The minimum Gasteiger partial charge on any atom is -0.377 e. The van der Waals surface area contributed by atoms with E-state index in [9.17, 15) is 4.79 Å². The molecule has 0 spiro atoms. The van der Waals surface area contributed by atoms with Gasteiger partial charge in [0, 0.05) is 23.7 Å². The number of halogens is 1. The summed E-state index contributed by atoms with van der Waals surface area (Å²) in [6.45, 7) is 2.52. The maximum Gasteiger partial charge on any atom is 0.254 e. The Bertz CT molecular complexity index is 423. The molecule has 1 aliphatic heterocycles. The van der Waals surface area contributed by atoms with E-state index in [4.69, 9.17) is 16.3 Å². The fourth-order valence-corrected chi connectivity index (χ4v) is 2.30. The van der Waals surface area contributed by atoms with E-state index in [1.807, 2.05) is 11.9 Å². The Kier molecular flexibility index (Phi) is 4.58. The van der Waals surface area contributed by atoms with Crippen LogP contribution in [0.4, 0.5) is 0 Å². The van der Waals surface area contributed by atoms with Crippen LogP contribution in [-0.2, 0) is 4.74 Å². The van der Waals surface area contributed by atoms with E-state index in [0.717, 1.165) is 6.54 Å². The molecule has 1 heterocycles. The minimum atomic E-state index is 0.0149. The number of hydrogen-bond acceptors (Lipinski definition) is 3. The third-order valence-corrected chi connectivity index (χ3v) is 3.23. The number of nitrogens with one attached hydrogen (secondary N) is 1. The fraction of sp³-hybridized carbons (Fsp3) is 0.462. The van der Waals surface area contributed by atoms with Crippen molar-refractivity contribution in [3.05, 3.63) is 34.9 Å². The maximum atomic E-state index is 12.4. The lowest BCUT2D eigenvalue weighted by Crippen LogP contribution is -2.52. The molecule has 1 amide bonds. The van der Waals surface area contributed by atoms with Crippen LogP contribution in [0.5, 0.6) is 0 Å². The van der Waals surface area contributed by atoms with Gasteiger partial charge in [0.25, 0.3) is 5.91 Å². The summed E-state index contributed by atoms with van der Waals surface area (Å²) < 4.78 is 5.41. The third kappa shape index (κ3) is 3.02. The number of carbonyl (C=O) groups excluding carboxylic acids is 1. The van der Waals surface area contributed by atoms with E-state index in [1.54, 1.807) is 24.3 Å². The number of benzene rings is 1. The largest absolute Gasteiger partial charge is 0.377 e. The standard InChI is InChI=1S/C13H17ClN2O2/c1-15-8-12-9-18-6-5-16(12)13(17)10-3-2-4-11(14)7-10/h2-4,7,12,15H,5-6,8-9H2,1H3. The predicted molar refractivity (Wildman–Crippen MR) is 71.0 cm³/mol. The van der Waals surface area contributed by atoms with Gasteiger partial charge in [-0.15, -0.1) is 0 Å². The van der Waals surface area contributed by atoms with Gasteiger partial charge < -0.3 is 15.0 Å². The molecule has 1 unspecified atom stereocenters. The molecule has 1 aromatic carbocycles. The van der Waals surface area contributed by atoms with Crippen molar-refractivity contribution in [3.8, 4) is 0 Å². The van der Waals surface area contributed by atoms with Gasteiger partial charge in [0.1, 0.15) is 0 Å². The maximum absolute atomic E-state index is 12.4. The van der Waals surface area contributed by atoms with Gasteiger partial charge >= 0.3 is 0 Å². The highest BCUT2D eigenvalue weighted by Crippen LogP contribution is 2.16. The van der Waals surface area contributed by atoms with Crippen LogP contribution in [0.3, 0.4) is 0 Å². The second kappa shape index (κ2) is 6.18. The molecule has 1 N–H and O–H groups in total. The summed E-state index contributed by atoms with van der Waals surface area (Å²) in [5, 5.41) is 3.67. The van der Waals surface area contributed by atoms with Gasteiger partial charge in [-0.2, -0.15) is 0 Å². The first-order valence-corrected chi connectivity index (χ1v) is 6.39. The van der Waals surface area contributed by atoms with Crippen molar-refractivity contribution >= 4 is 17.5 Å². The van der Waals surface area contributed by atoms with E-state index >= 15 is 0 Å². The zero-order valence-electron chi connectivity index (χ0n) is 10.4.